The third-order valence-corrected chi connectivity index (χ3v) is 7.20. The molecule has 170 valence electrons. The van der Waals surface area contributed by atoms with Crippen LogP contribution in [-0.4, -0.2) is 34.4 Å². The first-order valence-corrected chi connectivity index (χ1v) is 12.1. The molecule has 1 fully saturated rings. The zero-order valence-corrected chi connectivity index (χ0v) is 19.3. The zero-order chi connectivity index (χ0) is 22.8. The van der Waals surface area contributed by atoms with E-state index in [9.17, 15) is 10.2 Å². The van der Waals surface area contributed by atoms with Crippen molar-refractivity contribution in [3.05, 3.63) is 66.7 Å². The number of piperidine rings is 1. The van der Waals surface area contributed by atoms with E-state index in [2.05, 4.69) is 11.8 Å². The number of thiophene rings is 1. The Kier molecular flexibility index (Phi) is 6.11. The molecule has 3 aromatic carbocycles. The molecule has 1 unspecified atom stereocenters. The van der Waals surface area contributed by atoms with Gasteiger partial charge in [-0.25, -0.2) is 0 Å². The average Bonchev–Trinajstić information content (AvgIpc) is 3.18. The van der Waals surface area contributed by atoms with Gasteiger partial charge in [-0.05, 0) is 92.1 Å². The highest BCUT2D eigenvalue weighted by Gasteiger charge is 2.19. The van der Waals surface area contributed by atoms with Gasteiger partial charge in [-0.3, -0.25) is 4.90 Å². The fourth-order valence-electron chi connectivity index (χ4n) is 4.22. The van der Waals surface area contributed by atoms with Crippen LogP contribution in [0.15, 0.2) is 66.7 Å². The lowest BCUT2D eigenvalue weighted by molar-refractivity contribution is 0.0262. The second-order valence-corrected chi connectivity index (χ2v) is 9.43. The third-order valence-electron chi connectivity index (χ3n) is 6.01. The van der Waals surface area contributed by atoms with Crippen LogP contribution in [0.3, 0.4) is 0 Å². The van der Waals surface area contributed by atoms with Crippen molar-refractivity contribution < 1.29 is 19.7 Å². The lowest BCUT2D eigenvalue weighted by atomic mass is 10.1. The number of phenolic OH excluding ortho intramolecular Hbond substituents is 2. The molecule has 0 spiro atoms. The second-order valence-electron chi connectivity index (χ2n) is 8.37. The Bertz CT molecular complexity index is 1230. The molecule has 5 rings (SSSR count). The fraction of sp³-hybridized carbons (Fsp3) is 0.259. The van der Waals surface area contributed by atoms with Crippen molar-refractivity contribution in [1.29, 1.82) is 0 Å². The van der Waals surface area contributed by atoms with E-state index in [1.807, 2.05) is 42.5 Å². The molecule has 0 amide bonds. The van der Waals surface area contributed by atoms with Crippen LogP contribution in [0, 0.1) is 0 Å². The van der Waals surface area contributed by atoms with E-state index < -0.39 is 0 Å². The van der Waals surface area contributed by atoms with E-state index >= 15 is 0 Å². The zero-order valence-electron chi connectivity index (χ0n) is 18.5. The summed E-state index contributed by atoms with van der Waals surface area (Å²) >= 11 is 1.55. The van der Waals surface area contributed by atoms with Gasteiger partial charge in [0.2, 0.25) is 0 Å². The molecule has 0 radical (unpaired) electrons. The van der Waals surface area contributed by atoms with Gasteiger partial charge in [0.05, 0.1) is 4.88 Å². The molecule has 0 saturated carbocycles. The number of ether oxygens (including phenoxy) is 2. The molecule has 1 atom stereocenters. The van der Waals surface area contributed by atoms with Gasteiger partial charge in [0.1, 0.15) is 29.2 Å². The highest BCUT2D eigenvalue weighted by Crippen LogP contribution is 2.47. The van der Waals surface area contributed by atoms with Crippen LogP contribution in [0.1, 0.15) is 26.2 Å². The molecule has 0 aliphatic carbocycles. The topological polar surface area (TPSA) is 62.2 Å². The van der Waals surface area contributed by atoms with Crippen LogP contribution in [0.25, 0.3) is 20.5 Å². The molecule has 1 saturated heterocycles. The summed E-state index contributed by atoms with van der Waals surface area (Å²) in [6.07, 6.45) is 3.82. The molecule has 1 aliphatic heterocycles. The van der Waals surface area contributed by atoms with Gasteiger partial charge in [0.15, 0.2) is 5.75 Å². The maximum absolute atomic E-state index is 9.94. The highest BCUT2D eigenvalue weighted by atomic mass is 32.1. The SMILES string of the molecule is CC(Oc1ccc(Oc2c(-c3ccc(O)cc3)sc3cc(O)ccc23)cc1)N1CCCCC1. The second kappa shape index (κ2) is 9.33. The van der Waals surface area contributed by atoms with Crippen molar-refractivity contribution in [1.82, 2.24) is 4.90 Å². The normalized spacial score (nSPS) is 15.4. The number of likely N-dealkylation sites (tertiary alicyclic amines) is 1. The Hall–Kier alpha value is -3.22. The number of rotatable bonds is 6. The van der Waals surface area contributed by atoms with Crippen LogP contribution >= 0.6 is 11.3 Å². The molecule has 33 heavy (non-hydrogen) atoms. The number of phenols is 2. The molecule has 4 aromatic rings. The van der Waals surface area contributed by atoms with Gasteiger partial charge in [0, 0.05) is 23.2 Å². The maximum Gasteiger partial charge on any atom is 0.153 e. The van der Waals surface area contributed by atoms with E-state index in [1.54, 1.807) is 35.6 Å². The Labute approximate surface area is 197 Å². The third kappa shape index (κ3) is 4.77. The van der Waals surface area contributed by atoms with E-state index in [-0.39, 0.29) is 17.7 Å². The van der Waals surface area contributed by atoms with Crippen molar-refractivity contribution >= 4 is 21.4 Å². The van der Waals surface area contributed by atoms with Crippen molar-refractivity contribution in [3.63, 3.8) is 0 Å². The van der Waals surface area contributed by atoms with Crippen molar-refractivity contribution in [2.45, 2.75) is 32.4 Å². The number of benzene rings is 3. The minimum Gasteiger partial charge on any atom is -0.508 e. The summed E-state index contributed by atoms with van der Waals surface area (Å²) in [7, 11) is 0. The van der Waals surface area contributed by atoms with Gasteiger partial charge in [0.25, 0.3) is 0 Å². The Morgan fingerprint density at radius 2 is 1.48 bits per heavy atom. The molecule has 2 heterocycles. The van der Waals surface area contributed by atoms with E-state index in [1.165, 1.54) is 19.3 Å². The lowest BCUT2D eigenvalue weighted by Gasteiger charge is -2.32. The van der Waals surface area contributed by atoms with Gasteiger partial charge in [-0.1, -0.05) is 6.42 Å². The molecule has 2 N–H and O–H groups in total. The van der Waals surface area contributed by atoms with Crippen LogP contribution in [0.4, 0.5) is 0 Å². The van der Waals surface area contributed by atoms with Gasteiger partial charge < -0.3 is 19.7 Å². The Morgan fingerprint density at radius 3 is 2.21 bits per heavy atom. The molecule has 1 aromatic heterocycles. The lowest BCUT2D eigenvalue weighted by Crippen LogP contribution is -2.40. The van der Waals surface area contributed by atoms with E-state index in [0.717, 1.165) is 45.1 Å². The Morgan fingerprint density at radius 1 is 0.818 bits per heavy atom. The van der Waals surface area contributed by atoms with Gasteiger partial charge in [-0.15, -0.1) is 11.3 Å². The summed E-state index contributed by atoms with van der Waals surface area (Å²) in [6, 6.07) is 20.1. The number of nitrogens with zero attached hydrogens (tertiary/aromatic N) is 1. The number of hydrogen-bond acceptors (Lipinski definition) is 6. The summed E-state index contributed by atoms with van der Waals surface area (Å²) in [4.78, 5) is 3.32. The van der Waals surface area contributed by atoms with Gasteiger partial charge >= 0.3 is 0 Å². The first-order valence-electron chi connectivity index (χ1n) is 11.3. The first kappa shape index (κ1) is 21.6. The monoisotopic (exact) mass is 461 g/mol. The van der Waals surface area contributed by atoms with E-state index in [4.69, 9.17) is 9.47 Å². The highest BCUT2D eigenvalue weighted by molar-refractivity contribution is 7.22. The van der Waals surface area contributed by atoms with Crippen molar-refractivity contribution in [2.24, 2.45) is 0 Å². The standard InChI is InChI=1S/C27H27NO4S/c1-18(28-15-3-2-4-16-28)31-22-10-12-23(13-11-22)32-26-24-14-9-21(30)17-25(24)33-27(26)19-5-7-20(29)8-6-19/h5-14,17-18,29-30H,2-4,15-16H2,1H3. The summed E-state index contributed by atoms with van der Waals surface area (Å²) in [5.74, 6) is 2.70. The van der Waals surface area contributed by atoms with Gasteiger partial charge in [-0.2, -0.15) is 0 Å². The number of hydrogen-bond donors (Lipinski definition) is 2. The predicted octanol–water partition coefficient (Wildman–Crippen LogP) is 6.98. The molecule has 0 bridgehead atoms. The number of fused-ring (bicyclic) bond motifs is 1. The minimum atomic E-state index is 0.0478. The summed E-state index contributed by atoms with van der Waals surface area (Å²) < 4.78 is 13.5. The maximum atomic E-state index is 9.94. The average molecular weight is 462 g/mol. The number of aromatic hydroxyl groups is 2. The van der Waals surface area contributed by atoms with Crippen LogP contribution in [-0.2, 0) is 0 Å². The minimum absolute atomic E-state index is 0.0478. The van der Waals surface area contributed by atoms with Crippen LogP contribution < -0.4 is 9.47 Å². The molecular formula is C27H27NO4S. The van der Waals surface area contributed by atoms with Crippen LogP contribution in [0.5, 0.6) is 28.7 Å². The first-order chi connectivity index (χ1) is 16.1. The predicted molar refractivity (Wildman–Crippen MR) is 133 cm³/mol. The molecule has 6 heteroatoms. The summed E-state index contributed by atoms with van der Waals surface area (Å²) in [5.41, 5.74) is 0.943. The summed E-state index contributed by atoms with van der Waals surface area (Å²) in [6.45, 7) is 4.28. The summed E-state index contributed by atoms with van der Waals surface area (Å²) in [5, 5.41) is 20.5. The van der Waals surface area contributed by atoms with Crippen molar-refractivity contribution in [3.8, 4) is 39.2 Å². The Balaban J connectivity index is 1.40. The molecule has 1 aliphatic rings. The quantitative estimate of drug-likeness (QED) is 0.324. The van der Waals surface area contributed by atoms with E-state index in [0.29, 0.717) is 5.75 Å². The fourth-order valence-corrected chi connectivity index (χ4v) is 5.39. The van der Waals surface area contributed by atoms with Crippen molar-refractivity contribution in [2.75, 3.05) is 13.1 Å². The van der Waals surface area contributed by atoms with Crippen LogP contribution in [0.2, 0.25) is 0 Å². The molecule has 5 nitrogen and oxygen atoms in total. The molecular weight excluding hydrogens is 434 g/mol. The smallest absolute Gasteiger partial charge is 0.153 e. The largest absolute Gasteiger partial charge is 0.508 e.